The molecule has 2 aliphatic rings. The maximum Gasteiger partial charge on any atom is 0.139 e. The van der Waals surface area contributed by atoms with E-state index in [0.29, 0.717) is 17.6 Å². The predicted octanol–water partition coefficient (Wildman–Crippen LogP) is 4.21. The summed E-state index contributed by atoms with van der Waals surface area (Å²) < 4.78 is 0. The zero-order chi connectivity index (χ0) is 11.8. The lowest BCUT2D eigenvalue weighted by Crippen LogP contribution is -2.30. The van der Waals surface area contributed by atoms with Gasteiger partial charge >= 0.3 is 0 Å². The monoisotopic (exact) mass is 222 g/mol. The molecule has 2 saturated carbocycles. The van der Waals surface area contributed by atoms with Crippen molar-refractivity contribution in [2.75, 3.05) is 0 Å². The molecule has 2 atom stereocenters. The largest absolute Gasteiger partial charge is 0.299 e. The molecular formula is C15H26O. The molecule has 0 aromatic carbocycles. The van der Waals surface area contributed by atoms with Crippen LogP contribution in [0.1, 0.15) is 65.7 Å². The standard InChI is InChI=1S/C15H26O/c1-4-15(2,3)13-10-9-12(14(13)16)11-7-5-6-8-11/h11-13H,4-10H2,1-3H3. The van der Waals surface area contributed by atoms with E-state index in [1.165, 1.54) is 32.1 Å². The molecule has 1 nitrogen and oxygen atoms in total. The second-order valence-corrected chi connectivity index (χ2v) is 6.53. The lowest BCUT2D eigenvalue weighted by atomic mass is 9.74. The van der Waals surface area contributed by atoms with Crippen molar-refractivity contribution >= 4 is 5.78 Å². The normalized spacial score (nSPS) is 32.6. The quantitative estimate of drug-likeness (QED) is 0.699. The number of hydrogen-bond acceptors (Lipinski definition) is 1. The van der Waals surface area contributed by atoms with Crippen LogP contribution in [0.15, 0.2) is 0 Å². The topological polar surface area (TPSA) is 17.1 Å². The predicted molar refractivity (Wildman–Crippen MR) is 67.3 cm³/mol. The molecule has 2 unspecified atom stereocenters. The third kappa shape index (κ3) is 2.06. The number of carbonyl (C=O) groups is 1. The summed E-state index contributed by atoms with van der Waals surface area (Å²) in [5.74, 6) is 2.13. The Morgan fingerprint density at radius 1 is 1.12 bits per heavy atom. The number of Topliss-reactive ketones (excluding diaryl/α,β-unsaturated/α-hetero) is 1. The van der Waals surface area contributed by atoms with E-state index in [1.807, 2.05) is 0 Å². The minimum Gasteiger partial charge on any atom is -0.299 e. The Kier molecular flexibility index (Phi) is 3.42. The van der Waals surface area contributed by atoms with Crippen molar-refractivity contribution in [1.82, 2.24) is 0 Å². The van der Waals surface area contributed by atoms with Crippen LogP contribution in [0.2, 0.25) is 0 Å². The van der Waals surface area contributed by atoms with Crippen LogP contribution in [0, 0.1) is 23.2 Å². The third-order valence-electron chi connectivity index (χ3n) is 5.30. The van der Waals surface area contributed by atoms with Gasteiger partial charge in [-0.25, -0.2) is 0 Å². The fourth-order valence-corrected chi connectivity index (χ4v) is 3.74. The zero-order valence-electron chi connectivity index (χ0n) is 11.1. The minimum absolute atomic E-state index is 0.227. The number of ketones is 1. The smallest absolute Gasteiger partial charge is 0.139 e. The highest BCUT2D eigenvalue weighted by Crippen LogP contribution is 2.46. The lowest BCUT2D eigenvalue weighted by molar-refractivity contribution is -0.128. The van der Waals surface area contributed by atoms with E-state index < -0.39 is 0 Å². The lowest BCUT2D eigenvalue weighted by Gasteiger charge is -2.30. The van der Waals surface area contributed by atoms with Crippen LogP contribution in [-0.4, -0.2) is 5.78 Å². The maximum atomic E-state index is 12.5. The average molecular weight is 222 g/mol. The zero-order valence-corrected chi connectivity index (χ0v) is 11.1. The molecule has 16 heavy (non-hydrogen) atoms. The van der Waals surface area contributed by atoms with Crippen molar-refractivity contribution in [3.05, 3.63) is 0 Å². The highest BCUT2D eigenvalue weighted by Gasteiger charge is 2.45. The van der Waals surface area contributed by atoms with Crippen LogP contribution in [0.4, 0.5) is 0 Å². The van der Waals surface area contributed by atoms with Gasteiger partial charge in [0.1, 0.15) is 5.78 Å². The van der Waals surface area contributed by atoms with Crippen molar-refractivity contribution in [3.63, 3.8) is 0 Å². The third-order valence-corrected chi connectivity index (χ3v) is 5.30. The molecule has 0 amide bonds. The second kappa shape index (κ2) is 4.50. The highest BCUT2D eigenvalue weighted by molar-refractivity contribution is 5.86. The van der Waals surface area contributed by atoms with Crippen LogP contribution in [-0.2, 0) is 4.79 Å². The molecule has 2 rings (SSSR count). The van der Waals surface area contributed by atoms with Gasteiger partial charge in [0.2, 0.25) is 0 Å². The molecule has 92 valence electrons. The number of hydrogen-bond donors (Lipinski definition) is 0. The number of carbonyl (C=O) groups excluding carboxylic acids is 1. The van der Waals surface area contributed by atoms with Gasteiger partial charge in [0, 0.05) is 11.8 Å². The molecule has 0 saturated heterocycles. The maximum absolute atomic E-state index is 12.5. The first-order valence-electron chi connectivity index (χ1n) is 7.10. The number of rotatable bonds is 3. The average Bonchev–Trinajstić information content (AvgIpc) is 2.86. The summed E-state index contributed by atoms with van der Waals surface area (Å²) in [4.78, 5) is 12.5. The van der Waals surface area contributed by atoms with Gasteiger partial charge in [-0.1, -0.05) is 40.0 Å². The van der Waals surface area contributed by atoms with E-state index in [9.17, 15) is 4.79 Å². The van der Waals surface area contributed by atoms with E-state index >= 15 is 0 Å². The van der Waals surface area contributed by atoms with E-state index in [0.717, 1.165) is 18.8 Å². The molecule has 2 aliphatic carbocycles. The summed E-state index contributed by atoms with van der Waals surface area (Å²) in [5, 5.41) is 0. The molecule has 2 fully saturated rings. The van der Waals surface area contributed by atoms with Crippen LogP contribution in [0.3, 0.4) is 0 Å². The van der Waals surface area contributed by atoms with E-state index in [-0.39, 0.29) is 5.41 Å². The molecule has 0 bridgehead atoms. The van der Waals surface area contributed by atoms with Crippen molar-refractivity contribution in [3.8, 4) is 0 Å². The first-order chi connectivity index (χ1) is 7.56. The van der Waals surface area contributed by atoms with Gasteiger partial charge in [0.25, 0.3) is 0 Å². The molecule has 0 heterocycles. The summed E-state index contributed by atoms with van der Waals surface area (Å²) in [6, 6.07) is 0. The molecule has 0 spiro atoms. The van der Waals surface area contributed by atoms with Gasteiger partial charge in [-0.15, -0.1) is 0 Å². The van der Waals surface area contributed by atoms with Crippen molar-refractivity contribution in [1.29, 1.82) is 0 Å². The van der Waals surface area contributed by atoms with Crippen LogP contribution in [0.25, 0.3) is 0 Å². The molecule has 0 aliphatic heterocycles. The Morgan fingerprint density at radius 3 is 2.31 bits per heavy atom. The van der Waals surface area contributed by atoms with Crippen molar-refractivity contribution in [2.45, 2.75) is 65.7 Å². The first kappa shape index (κ1) is 12.1. The molecule has 0 N–H and O–H groups in total. The van der Waals surface area contributed by atoms with Gasteiger partial charge in [0.15, 0.2) is 0 Å². The second-order valence-electron chi connectivity index (χ2n) is 6.53. The van der Waals surface area contributed by atoms with Crippen LogP contribution >= 0.6 is 0 Å². The Morgan fingerprint density at radius 2 is 1.75 bits per heavy atom. The van der Waals surface area contributed by atoms with Gasteiger partial charge in [0.05, 0.1) is 0 Å². The molecule has 0 aromatic heterocycles. The molecular weight excluding hydrogens is 196 g/mol. The Labute approximate surface area is 100.0 Å². The molecule has 0 aromatic rings. The fraction of sp³-hybridized carbons (Fsp3) is 0.933. The Bertz CT molecular complexity index is 261. The molecule has 1 heteroatoms. The summed E-state index contributed by atoms with van der Waals surface area (Å²) in [7, 11) is 0. The van der Waals surface area contributed by atoms with Crippen molar-refractivity contribution in [2.24, 2.45) is 23.2 Å². The summed E-state index contributed by atoms with van der Waals surface area (Å²) >= 11 is 0. The molecule has 0 radical (unpaired) electrons. The Balaban J connectivity index is 2.04. The SMILES string of the molecule is CCC(C)(C)C1CCC(C2CCCC2)C1=O. The van der Waals surface area contributed by atoms with E-state index in [2.05, 4.69) is 20.8 Å². The van der Waals surface area contributed by atoms with Crippen molar-refractivity contribution < 1.29 is 4.79 Å². The van der Waals surface area contributed by atoms with Gasteiger partial charge < -0.3 is 0 Å². The Hall–Kier alpha value is -0.330. The fourth-order valence-electron chi connectivity index (χ4n) is 3.74. The van der Waals surface area contributed by atoms with Crippen LogP contribution < -0.4 is 0 Å². The van der Waals surface area contributed by atoms with Gasteiger partial charge in [-0.2, -0.15) is 0 Å². The summed E-state index contributed by atoms with van der Waals surface area (Å²) in [6.45, 7) is 6.76. The first-order valence-corrected chi connectivity index (χ1v) is 7.10. The summed E-state index contributed by atoms with van der Waals surface area (Å²) in [5.41, 5.74) is 0.227. The van der Waals surface area contributed by atoms with Gasteiger partial charge in [-0.05, 0) is 37.0 Å². The highest BCUT2D eigenvalue weighted by atomic mass is 16.1. The van der Waals surface area contributed by atoms with Crippen LogP contribution in [0.5, 0.6) is 0 Å². The van der Waals surface area contributed by atoms with E-state index in [1.54, 1.807) is 0 Å². The van der Waals surface area contributed by atoms with Gasteiger partial charge in [-0.3, -0.25) is 4.79 Å². The minimum atomic E-state index is 0.227. The van der Waals surface area contributed by atoms with E-state index in [4.69, 9.17) is 0 Å². The summed E-state index contributed by atoms with van der Waals surface area (Å²) in [6.07, 6.45) is 8.80.